The van der Waals surface area contributed by atoms with E-state index in [0.717, 1.165) is 0 Å². The molecule has 0 aliphatic heterocycles. The predicted octanol–water partition coefficient (Wildman–Crippen LogP) is 1.19. The number of aromatic nitrogens is 2. The first-order valence-electron chi connectivity index (χ1n) is 6.23. The van der Waals surface area contributed by atoms with Crippen molar-refractivity contribution in [2.75, 3.05) is 12.8 Å². The van der Waals surface area contributed by atoms with Gasteiger partial charge >= 0.3 is 0 Å². The van der Waals surface area contributed by atoms with E-state index in [2.05, 4.69) is 10.5 Å². The number of nitrogens with one attached hydrogen (secondary N) is 1. The Morgan fingerprint density at radius 3 is 2.85 bits per heavy atom. The van der Waals surface area contributed by atoms with E-state index >= 15 is 0 Å². The maximum Gasteiger partial charge on any atom is 0.161 e. The Morgan fingerprint density at radius 1 is 1.50 bits per heavy atom. The molecule has 6 nitrogen and oxygen atoms in total. The molecule has 0 radical (unpaired) electrons. The van der Waals surface area contributed by atoms with Crippen LogP contribution in [0.2, 0.25) is 0 Å². The third kappa shape index (κ3) is 2.45. The maximum atomic E-state index is 13.5. The Hall–Kier alpha value is -2.12. The van der Waals surface area contributed by atoms with Gasteiger partial charge in [-0.25, -0.2) is 9.82 Å². The number of rotatable bonds is 5. The Kier molecular flexibility index (Phi) is 4.21. The number of nitrogens with two attached hydrogens (primary N) is 2. The van der Waals surface area contributed by atoms with Crippen LogP contribution in [0.25, 0.3) is 0 Å². The van der Waals surface area contributed by atoms with E-state index in [1.54, 1.807) is 18.0 Å². The number of methoxy groups -OCH3 is 1. The number of hydrogen-bond donors (Lipinski definition) is 3. The van der Waals surface area contributed by atoms with Crippen molar-refractivity contribution in [2.24, 2.45) is 5.84 Å². The summed E-state index contributed by atoms with van der Waals surface area (Å²) in [6.45, 7) is 2.57. The number of halogens is 1. The summed E-state index contributed by atoms with van der Waals surface area (Å²) in [6, 6.07) is 3.66. The van der Waals surface area contributed by atoms with Crippen molar-refractivity contribution in [2.45, 2.75) is 19.5 Å². The van der Waals surface area contributed by atoms with Crippen molar-refractivity contribution in [1.29, 1.82) is 0 Å². The number of nitrogens with zero attached hydrogens (tertiary/aromatic N) is 2. The fourth-order valence-corrected chi connectivity index (χ4v) is 2.19. The average molecular weight is 279 g/mol. The van der Waals surface area contributed by atoms with Crippen LogP contribution in [0.5, 0.6) is 5.75 Å². The minimum Gasteiger partial charge on any atom is -0.493 e. The molecule has 0 amide bonds. The molecule has 2 aromatic rings. The monoisotopic (exact) mass is 279 g/mol. The number of aryl methyl sites for hydroxylation is 1. The van der Waals surface area contributed by atoms with Crippen molar-refractivity contribution in [3.05, 3.63) is 41.5 Å². The molecule has 1 atom stereocenters. The van der Waals surface area contributed by atoms with Gasteiger partial charge in [-0.05, 0) is 25.1 Å². The van der Waals surface area contributed by atoms with Crippen LogP contribution >= 0.6 is 0 Å². The molecule has 2 rings (SSSR count). The largest absolute Gasteiger partial charge is 0.493 e. The summed E-state index contributed by atoms with van der Waals surface area (Å²) in [7, 11) is 1.54. The molecule has 0 saturated heterocycles. The highest BCUT2D eigenvalue weighted by atomic mass is 19.1. The highest BCUT2D eigenvalue weighted by Gasteiger charge is 2.24. The number of nitrogen functional groups attached to an aromatic ring is 1. The van der Waals surface area contributed by atoms with Gasteiger partial charge in [0.2, 0.25) is 0 Å². The lowest BCUT2D eigenvalue weighted by Crippen LogP contribution is -2.31. The van der Waals surface area contributed by atoms with E-state index in [4.69, 9.17) is 16.3 Å². The Balaban J connectivity index is 2.57. The van der Waals surface area contributed by atoms with Crippen LogP contribution < -0.4 is 21.7 Å². The molecule has 108 valence electrons. The molecule has 0 bridgehead atoms. The first kappa shape index (κ1) is 14.3. The average Bonchev–Trinajstić information content (AvgIpc) is 2.86. The molecule has 0 fully saturated rings. The molecule has 0 aliphatic rings. The zero-order valence-electron chi connectivity index (χ0n) is 11.4. The molecular weight excluding hydrogens is 261 g/mol. The van der Waals surface area contributed by atoms with E-state index < -0.39 is 6.04 Å². The van der Waals surface area contributed by atoms with Crippen LogP contribution in [0.15, 0.2) is 24.4 Å². The molecule has 5 N–H and O–H groups in total. The minimum atomic E-state index is -0.511. The van der Waals surface area contributed by atoms with Crippen LogP contribution in [-0.4, -0.2) is 16.9 Å². The van der Waals surface area contributed by atoms with Crippen LogP contribution in [0, 0.1) is 5.82 Å². The van der Waals surface area contributed by atoms with Gasteiger partial charge in [0.15, 0.2) is 5.75 Å². The van der Waals surface area contributed by atoms with Crippen molar-refractivity contribution in [3.8, 4) is 5.75 Å². The van der Waals surface area contributed by atoms with Crippen molar-refractivity contribution >= 4 is 5.69 Å². The van der Waals surface area contributed by atoms with Gasteiger partial charge in [0.25, 0.3) is 0 Å². The second kappa shape index (κ2) is 5.89. The third-order valence-corrected chi connectivity index (χ3v) is 3.16. The molecule has 1 heterocycles. The topological polar surface area (TPSA) is 91.1 Å². The third-order valence-electron chi connectivity index (χ3n) is 3.16. The number of ether oxygens (including phenoxy) is 1. The van der Waals surface area contributed by atoms with Crippen molar-refractivity contribution < 1.29 is 9.13 Å². The van der Waals surface area contributed by atoms with Crippen LogP contribution in [0.4, 0.5) is 10.1 Å². The second-order valence-corrected chi connectivity index (χ2v) is 4.29. The van der Waals surface area contributed by atoms with Gasteiger partial charge in [0, 0.05) is 17.8 Å². The zero-order chi connectivity index (χ0) is 14.7. The zero-order valence-corrected chi connectivity index (χ0v) is 11.4. The number of benzene rings is 1. The molecular formula is C13H18FN5O. The Labute approximate surface area is 116 Å². The fraction of sp³-hybridized carbons (Fsp3) is 0.308. The maximum absolute atomic E-state index is 13.5. The number of hydrogen-bond acceptors (Lipinski definition) is 5. The molecule has 0 spiro atoms. The summed E-state index contributed by atoms with van der Waals surface area (Å²) in [4.78, 5) is 0. The lowest BCUT2D eigenvalue weighted by molar-refractivity contribution is 0.399. The lowest BCUT2D eigenvalue weighted by atomic mass is 10.0. The lowest BCUT2D eigenvalue weighted by Gasteiger charge is -2.20. The van der Waals surface area contributed by atoms with Gasteiger partial charge in [0.1, 0.15) is 11.5 Å². The van der Waals surface area contributed by atoms with Gasteiger partial charge in [-0.3, -0.25) is 10.5 Å². The first-order chi connectivity index (χ1) is 9.62. The normalized spacial score (nSPS) is 12.4. The van der Waals surface area contributed by atoms with Crippen LogP contribution in [-0.2, 0) is 6.54 Å². The number of anilines is 1. The van der Waals surface area contributed by atoms with Crippen LogP contribution in [0.3, 0.4) is 0 Å². The Morgan fingerprint density at radius 2 is 2.25 bits per heavy atom. The van der Waals surface area contributed by atoms with Gasteiger partial charge in [0.05, 0.1) is 19.3 Å². The van der Waals surface area contributed by atoms with E-state index in [-0.39, 0.29) is 5.82 Å². The van der Waals surface area contributed by atoms with E-state index in [1.165, 1.54) is 18.2 Å². The summed E-state index contributed by atoms with van der Waals surface area (Å²) in [5.74, 6) is 5.83. The predicted molar refractivity (Wildman–Crippen MR) is 74.4 cm³/mol. The molecule has 0 aliphatic carbocycles. The summed E-state index contributed by atoms with van der Waals surface area (Å²) in [5.41, 5.74) is 10.3. The highest BCUT2D eigenvalue weighted by molar-refractivity contribution is 5.52. The highest BCUT2D eigenvalue weighted by Crippen LogP contribution is 2.32. The van der Waals surface area contributed by atoms with Crippen molar-refractivity contribution in [3.63, 3.8) is 0 Å². The van der Waals surface area contributed by atoms with Gasteiger partial charge in [-0.2, -0.15) is 5.10 Å². The van der Waals surface area contributed by atoms with Gasteiger partial charge < -0.3 is 10.5 Å². The molecule has 1 unspecified atom stereocenters. The van der Waals surface area contributed by atoms with Crippen LogP contribution in [0.1, 0.15) is 24.2 Å². The van der Waals surface area contributed by atoms with E-state index in [1.807, 2.05) is 6.92 Å². The minimum absolute atomic E-state index is 0.379. The smallest absolute Gasteiger partial charge is 0.161 e. The van der Waals surface area contributed by atoms with Crippen molar-refractivity contribution in [1.82, 2.24) is 15.2 Å². The molecule has 1 aromatic heterocycles. The Bertz CT molecular complexity index is 577. The second-order valence-electron chi connectivity index (χ2n) is 4.29. The molecule has 1 aromatic carbocycles. The quantitative estimate of drug-likeness (QED) is 0.434. The standard InChI is InChI=1S/C13H18FN5O/c1-3-19-13(11(20-2)7-17-19)12(18-16)9-6-8(14)4-5-10(9)15/h4-7,12,18H,3,15-16H2,1-2H3. The number of hydrazine groups is 1. The van der Waals surface area contributed by atoms with Gasteiger partial charge in [-0.1, -0.05) is 0 Å². The first-order valence-corrected chi connectivity index (χ1v) is 6.23. The molecule has 7 heteroatoms. The SMILES string of the molecule is CCn1ncc(OC)c1C(NN)c1cc(F)ccc1N. The van der Waals surface area contributed by atoms with E-state index in [9.17, 15) is 4.39 Å². The summed E-state index contributed by atoms with van der Waals surface area (Å²) >= 11 is 0. The summed E-state index contributed by atoms with van der Waals surface area (Å²) < 4.78 is 20.5. The summed E-state index contributed by atoms with van der Waals surface area (Å²) in [5, 5.41) is 4.21. The summed E-state index contributed by atoms with van der Waals surface area (Å²) in [6.07, 6.45) is 1.60. The molecule has 20 heavy (non-hydrogen) atoms. The fourth-order valence-electron chi connectivity index (χ4n) is 2.19. The molecule has 0 saturated carbocycles. The van der Waals surface area contributed by atoms with Gasteiger partial charge in [-0.15, -0.1) is 0 Å². The van der Waals surface area contributed by atoms with E-state index in [0.29, 0.717) is 29.2 Å².